The molecule has 0 aliphatic carbocycles. The quantitative estimate of drug-likeness (QED) is 0.827. The van der Waals surface area contributed by atoms with Crippen LogP contribution in [-0.2, 0) is 16.0 Å². The molecule has 0 amide bonds. The number of nitrogens with two attached hydrogens (primary N) is 1. The molecule has 3 nitrogen and oxygen atoms in total. The maximum absolute atomic E-state index is 13.7. The molecule has 2 rings (SSSR count). The summed E-state index contributed by atoms with van der Waals surface area (Å²) in [5.74, 6) is -0.942. The molecule has 0 heterocycles. The van der Waals surface area contributed by atoms with Crippen LogP contribution in [-0.4, -0.2) is 25.3 Å². The van der Waals surface area contributed by atoms with Crippen LogP contribution in [0.5, 0.6) is 0 Å². The molecule has 124 valence electrons. The van der Waals surface area contributed by atoms with Crippen LogP contribution < -0.4 is 5.73 Å². The maximum Gasteiger partial charge on any atom is 0.342 e. The maximum atomic E-state index is 13.7. The van der Waals surface area contributed by atoms with Crippen molar-refractivity contribution in [2.24, 2.45) is 5.73 Å². The SMILES string of the molecule is COC(=O)[C@H](F)C(N)Cc1ccc(-c2cccc(Cl)c2)cc1.Cl. The Morgan fingerprint density at radius 3 is 2.43 bits per heavy atom. The Morgan fingerprint density at radius 2 is 1.87 bits per heavy atom. The van der Waals surface area contributed by atoms with Crippen LogP contribution in [0.3, 0.4) is 0 Å². The summed E-state index contributed by atoms with van der Waals surface area (Å²) in [5, 5.41) is 0.668. The highest BCUT2D eigenvalue weighted by Gasteiger charge is 2.25. The first-order chi connectivity index (χ1) is 10.5. The Labute approximate surface area is 146 Å². The molecule has 0 spiro atoms. The van der Waals surface area contributed by atoms with E-state index in [1.54, 1.807) is 0 Å². The van der Waals surface area contributed by atoms with Gasteiger partial charge in [-0.3, -0.25) is 0 Å². The van der Waals surface area contributed by atoms with Crippen LogP contribution in [0.25, 0.3) is 11.1 Å². The third-order valence-corrected chi connectivity index (χ3v) is 3.62. The number of methoxy groups -OCH3 is 1. The summed E-state index contributed by atoms with van der Waals surface area (Å²) in [4.78, 5) is 11.1. The number of hydrogen-bond donors (Lipinski definition) is 1. The Kier molecular flexibility index (Phi) is 7.49. The van der Waals surface area contributed by atoms with Crippen LogP contribution >= 0.6 is 24.0 Å². The van der Waals surface area contributed by atoms with E-state index in [1.165, 1.54) is 0 Å². The molecule has 6 heteroatoms. The topological polar surface area (TPSA) is 52.3 Å². The van der Waals surface area contributed by atoms with Gasteiger partial charge in [0, 0.05) is 5.02 Å². The molecule has 2 aromatic carbocycles. The third-order valence-electron chi connectivity index (χ3n) is 3.39. The monoisotopic (exact) mass is 357 g/mol. The molecular weight excluding hydrogens is 340 g/mol. The van der Waals surface area contributed by atoms with Gasteiger partial charge in [0.05, 0.1) is 13.2 Å². The van der Waals surface area contributed by atoms with Crippen LogP contribution in [0.1, 0.15) is 5.56 Å². The molecule has 0 radical (unpaired) electrons. The largest absolute Gasteiger partial charge is 0.467 e. The van der Waals surface area contributed by atoms with Crippen molar-refractivity contribution in [3.8, 4) is 11.1 Å². The fraction of sp³-hybridized carbons (Fsp3) is 0.235. The number of rotatable bonds is 5. The molecule has 0 aliphatic rings. The van der Waals surface area contributed by atoms with E-state index in [9.17, 15) is 9.18 Å². The zero-order chi connectivity index (χ0) is 16.1. The lowest BCUT2D eigenvalue weighted by Gasteiger charge is -2.15. The standard InChI is InChI=1S/C17H17ClFNO2.ClH/c1-22-17(21)16(19)15(20)9-11-5-7-12(8-6-11)13-3-2-4-14(18)10-13;/h2-8,10,15-16H,9,20H2,1H3;1H/t15?,16-;/m1./s1. The van der Waals surface area contributed by atoms with Crippen molar-refractivity contribution in [1.29, 1.82) is 0 Å². The smallest absolute Gasteiger partial charge is 0.342 e. The Bertz CT molecular complexity index is 649. The Morgan fingerprint density at radius 1 is 1.22 bits per heavy atom. The number of esters is 1. The molecule has 1 unspecified atom stereocenters. The lowest BCUT2D eigenvalue weighted by Crippen LogP contribution is -2.39. The molecular formula is C17H18Cl2FNO2. The van der Waals surface area contributed by atoms with Gasteiger partial charge in [0.15, 0.2) is 0 Å². The van der Waals surface area contributed by atoms with E-state index in [-0.39, 0.29) is 18.8 Å². The van der Waals surface area contributed by atoms with E-state index in [2.05, 4.69) is 4.74 Å². The predicted molar refractivity (Wildman–Crippen MR) is 92.7 cm³/mol. The Balaban J connectivity index is 0.00000264. The van der Waals surface area contributed by atoms with Crippen molar-refractivity contribution >= 4 is 30.0 Å². The first-order valence-corrected chi connectivity index (χ1v) is 7.21. The predicted octanol–water partition coefficient (Wildman–Crippen LogP) is 3.81. The molecule has 0 aromatic heterocycles. The van der Waals surface area contributed by atoms with Gasteiger partial charge in [0.2, 0.25) is 6.17 Å². The fourth-order valence-corrected chi connectivity index (χ4v) is 2.35. The number of benzene rings is 2. The van der Waals surface area contributed by atoms with Crippen molar-refractivity contribution in [1.82, 2.24) is 0 Å². The number of ether oxygens (including phenoxy) is 1. The van der Waals surface area contributed by atoms with Crippen molar-refractivity contribution in [2.75, 3.05) is 7.11 Å². The second-order valence-corrected chi connectivity index (χ2v) is 5.44. The van der Waals surface area contributed by atoms with Gasteiger partial charge in [-0.2, -0.15) is 0 Å². The third kappa shape index (κ3) is 5.20. The van der Waals surface area contributed by atoms with Crippen molar-refractivity contribution in [3.05, 3.63) is 59.1 Å². The summed E-state index contributed by atoms with van der Waals surface area (Å²) >= 11 is 5.97. The van der Waals surface area contributed by atoms with Crippen LogP contribution in [0.2, 0.25) is 5.02 Å². The summed E-state index contributed by atoms with van der Waals surface area (Å²) in [6.07, 6.45) is -1.57. The minimum Gasteiger partial charge on any atom is -0.467 e. The first-order valence-electron chi connectivity index (χ1n) is 6.83. The summed E-state index contributed by atoms with van der Waals surface area (Å²) in [6, 6.07) is 14.2. The zero-order valence-electron chi connectivity index (χ0n) is 12.5. The van der Waals surface area contributed by atoms with E-state index < -0.39 is 18.2 Å². The van der Waals surface area contributed by atoms with E-state index in [4.69, 9.17) is 17.3 Å². The summed E-state index contributed by atoms with van der Waals surface area (Å²) in [6.45, 7) is 0. The summed E-state index contributed by atoms with van der Waals surface area (Å²) in [5.41, 5.74) is 8.56. The summed E-state index contributed by atoms with van der Waals surface area (Å²) in [7, 11) is 1.14. The van der Waals surface area contributed by atoms with Gasteiger partial charge in [-0.05, 0) is 35.2 Å². The van der Waals surface area contributed by atoms with E-state index >= 15 is 0 Å². The molecule has 2 aromatic rings. The van der Waals surface area contributed by atoms with Crippen molar-refractivity contribution in [3.63, 3.8) is 0 Å². The number of carbonyl (C=O) groups excluding carboxylic acids is 1. The molecule has 0 saturated heterocycles. The van der Waals surface area contributed by atoms with E-state index in [0.717, 1.165) is 23.8 Å². The highest BCUT2D eigenvalue weighted by molar-refractivity contribution is 6.30. The van der Waals surface area contributed by atoms with Crippen LogP contribution in [0, 0.1) is 0 Å². The Hall–Kier alpha value is -1.62. The number of alkyl halides is 1. The molecule has 2 atom stereocenters. The molecule has 0 fully saturated rings. The number of halogens is 3. The molecule has 0 saturated carbocycles. The van der Waals surface area contributed by atoms with Gasteiger partial charge in [-0.15, -0.1) is 12.4 Å². The average molecular weight is 358 g/mol. The highest BCUT2D eigenvalue weighted by Crippen LogP contribution is 2.23. The molecule has 0 bridgehead atoms. The van der Waals surface area contributed by atoms with Crippen molar-refractivity contribution in [2.45, 2.75) is 18.6 Å². The highest BCUT2D eigenvalue weighted by atomic mass is 35.5. The van der Waals surface area contributed by atoms with Gasteiger partial charge in [-0.25, -0.2) is 9.18 Å². The second kappa shape index (κ2) is 8.87. The van der Waals surface area contributed by atoms with Gasteiger partial charge >= 0.3 is 5.97 Å². The van der Waals surface area contributed by atoms with Crippen molar-refractivity contribution < 1.29 is 13.9 Å². The fourth-order valence-electron chi connectivity index (χ4n) is 2.16. The normalized spacial score (nSPS) is 12.9. The molecule has 23 heavy (non-hydrogen) atoms. The molecule has 2 N–H and O–H groups in total. The van der Waals surface area contributed by atoms with Gasteiger partial charge in [0.1, 0.15) is 0 Å². The average Bonchev–Trinajstić information content (AvgIpc) is 2.54. The van der Waals surface area contributed by atoms with Crippen LogP contribution in [0.15, 0.2) is 48.5 Å². The van der Waals surface area contributed by atoms with Gasteiger partial charge in [0.25, 0.3) is 0 Å². The van der Waals surface area contributed by atoms with Gasteiger partial charge in [-0.1, -0.05) is 48.0 Å². The lowest BCUT2D eigenvalue weighted by molar-refractivity contribution is -0.147. The van der Waals surface area contributed by atoms with E-state index in [0.29, 0.717) is 5.02 Å². The second-order valence-electron chi connectivity index (χ2n) is 5.00. The zero-order valence-corrected chi connectivity index (χ0v) is 14.1. The molecule has 0 aliphatic heterocycles. The first kappa shape index (κ1) is 19.4. The minimum absolute atomic E-state index is 0. The summed E-state index contributed by atoms with van der Waals surface area (Å²) < 4.78 is 18.0. The van der Waals surface area contributed by atoms with Crippen LogP contribution in [0.4, 0.5) is 4.39 Å². The number of carbonyl (C=O) groups is 1. The minimum atomic E-state index is -1.82. The number of hydrogen-bond acceptors (Lipinski definition) is 3. The van der Waals surface area contributed by atoms with E-state index in [1.807, 2.05) is 48.5 Å². The van der Waals surface area contributed by atoms with Gasteiger partial charge < -0.3 is 10.5 Å². The lowest BCUT2D eigenvalue weighted by atomic mass is 9.99.